The van der Waals surface area contributed by atoms with Crippen molar-refractivity contribution in [3.8, 4) is 0 Å². The molecule has 3 rings (SSSR count). The number of thiazole rings is 1. The summed E-state index contributed by atoms with van der Waals surface area (Å²) in [6.45, 7) is 6.34. The highest BCUT2D eigenvalue weighted by molar-refractivity contribution is 7.22. The van der Waals surface area contributed by atoms with E-state index in [0.717, 1.165) is 48.6 Å². The highest BCUT2D eigenvalue weighted by Crippen LogP contribution is 2.26. The highest BCUT2D eigenvalue weighted by Gasteiger charge is 2.11. The molecule has 0 spiro atoms. The zero-order chi connectivity index (χ0) is 17.6. The van der Waals surface area contributed by atoms with E-state index in [4.69, 9.17) is 4.74 Å². The van der Waals surface area contributed by atoms with E-state index in [9.17, 15) is 9.59 Å². The summed E-state index contributed by atoms with van der Waals surface area (Å²) in [4.78, 5) is 29.9. The summed E-state index contributed by atoms with van der Waals surface area (Å²) < 4.78 is 6.27. The second kappa shape index (κ2) is 8.37. The van der Waals surface area contributed by atoms with Gasteiger partial charge in [-0.2, -0.15) is 0 Å². The molecule has 0 saturated carbocycles. The predicted octanol–water partition coefficient (Wildman–Crippen LogP) is 1.25. The number of aromatic nitrogens is 1. The van der Waals surface area contributed by atoms with Gasteiger partial charge in [0.1, 0.15) is 0 Å². The number of anilines is 1. The van der Waals surface area contributed by atoms with Crippen molar-refractivity contribution in [2.24, 2.45) is 0 Å². The third kappa shape index (κ3) is 5.22. The van der Waals surface area contributed by atoms with E-state index < -0.39 is 0 Å². The molecule has 2 aromatic rings. The number of nitrogens with zero attached hydrogens (tertiary/aromatic N) is 2. The minimum atomic E-state index is -0.140. The Bertz CT molecular complexity index is 755. The van der Waals surface area contributed by atoms with Crippen LogP contribution in [0.25, 0.3) is 10.2 Å². The molecule has 1 aliphatic heterocycles. The van der Waals surface area contributed by atoms with E-state index >= 15 is 0 Å². The van der Waals surface area contributed by atoms with Crippen molar-refractivity contribution in [3.63, 3.8) is 0 Å². The van der Waals surface area contributed by atoms with Gasteiger partial charge in [0.15, 0.2) is 5.13 Å². The number of ether oxygens (including phenoxy) is 1. The van der Waals surface area contributed by atoms with Crippen LogP contribution in [0, 0.1) is 0 Å². The van der Waals surface area contributed by atoms with Gasteiger partial charge in [-0.05, 0) is 17.7 Å². The standard InChI is InChI=1S/C17H22N4O3S/c1-12(22)19-17-20-14-3-2-13(10-15(14)25-17)11-16(23)18-4-5-21-6-8-24-9-7-21/h2-3,10H,4-9,11H2,1H3,(H,18,23)(H,19,20,22). The molecular weight excluding hydrogens is 340 g/mol. The van der Waals surface area contributed by atoms with Crippen molar-refractivity contribution in [1.29, 1.82) is 0 Å². The van der Waals surface area contributed by atoms with Crippen LogP contribution in [0.1, 0.15) is 12.5 Å². The topological polar surface area (TPSA) is 83.6 Å². The van der Waals surface area contributed by atoms with Crippen molar-refractivity contribution in [2.75, 3.05) is 44.7 Å². The Kier molecular flexibility index (Phi) is 5.95. The van der Waals surface area contributed by atoms with E-state index in [-0.39, 0.29) is 11.8 Å². The van der Waals surface area contributed by atoms with Crippen LogP contribution in [0.15, 0.2) is 18.2 Å². The first kappa shape index (κ1) is 17.8. The van der Waals surface area contributed by atoms with Gasteiger partial charge in [-0.25, -0.2) is 4.98 Å². The van der Waals surface area contributed by atoms with Crippen molar-refractivity contribution in [3.05, 3.63) is 23.8 Å². The van der Waals surface area contributed by atoms with Crippen LogP contribution in [0.5, 0.6) is 0 Å². The van der Waals surface area contributed by atoms with Gasteiger partial charge >= 0.3 is 0 Å². The Morgan fingerprint density at radius 2 is 2.12 bits per heavy atom. The molecule has 25 heavy (non-hydrogen) atoms. The Hall–Kier alpha value is -2.03. The van der Waals surface area contributed by atoms with Gasteiger partial charge < -0.3 is 15.4 Å². The lowest BCUT2D eigenvalue weighted by Crippen LogP contribution is -2.41. The lowest BCUT2D eigenvalue weighted by molar-refractivity contribution is -0.120. The fourth-order valence-electron chi connectivity index (χ4n) is 2.71. The quantitative estimate of drug-likeness (QED) is 0.808. The molecule has 0 bridgehead atoms. The number of carbonyl (C=O) groups excluding carboxylic acids is 2. The van der Waals surface area contributed by atoms with Crippen molar-refractivity contribution in [2.45, 2.75) is 13.3 Å². The number of fused-ring (bicyclic) bond motifs is 1. The number of rotatable bonds is 6. The number of nitrogens with one attached hydrogen (secondary N) is 2. The second-order valence-corrected chi connectivity index (χ2v) is 7.01. The molecule has 134 valence electrons. The molecule has 7 nitrogen and oxygen atoms in total. The van der Waals surface area contributed by atoms with Crippen LogP contribution >= 0.6 is 11.3 Å². The average molecular weight is 362 g/mol. The molecule has 1 aliphatic rings. The van der Waals surface area contributed by atoms with E-state index in [1.54, 1.807) is 0 Å². The number of amides is 2. The van der Waals surface area contributed by atoms with Crippen molar-refractivity contribution in [1.82, 2.24) is 15.2 Å². The van der Waals surface area contributed by atoms with Gasteiger partial charge in [0, 0.05) is 33.1 Å². The number of hydrogen-bond donors (Lipinski definition) is 2. The summed E-state index contributed by atoms with van der Waals surface area (Å²) in [6, 6.07) is 5.74. The van der Waals surface area contributed by atoms with Crippen LogP contribution in [0.2, 0.25) is 0 Å². The largest absolute Gasteiger partial charge is 0.379 e. The third-order valence-corrected chi connectivity index (χ3v) is 4.89. The fraction of sp³-hybridized carbons (Fsp3) is 0.471. The smallest absolute Gasteiger partial charge is 0.224 e. The summed E-state index contributed by atoms with van der Waals surface area (Å²) in [5, 5.41) is 6.23. The normalized spacial score (nSPS) is 15.2. The summed E-state index contributed by atoms with van der Waals surface area (Å²) in [5.41, 5.74) is 1.76. The molecule has 8 heteroatoms. The van der Waals surface area contributed by atoms with Gasteiger partial charge in [-0.1, -0.05) is 17.4 Å². The molecule has 2 amide bonds. The molecule has 0 radical (unpaired) electrons. The van der Waals surface area contributed by atoms with E-state index in [1.165, 1.54) is 18.3 Å². The Balaban J connectivity index is 1.51. The predicted molar refractivity (Wildman–Crippen MR) is 97.9 cm³/mol. The molecular formula is C17H22N4O3S. The SMILES string of the molecule is CC(=O)Nc1nc2ccc(CC(=O)NCCN3CCOCC3)cc2s1. The lowest BCUT2D eigenvalue weighted by Gasteiger charge is -2.26. The Morgan fingerprint density at radius 1 is 1.32 bits per heavy atom. The highest BCUT2D eigenvalue weighted by atomic mass is 32.1. The van der Waals surface area contributed by atoms with Crippen LogP contribution in [0.3, 0.4) is 0 Å². The Morgan fingerprint density at radius 3 is 2.88 bits per heavy atom. The summed E-state index contributed by atoms with van der Waals surface area (Å²) in [5.74, 6) is -0.127. The molecule has 1 fully saturated rings. The van der Waals surface area contributed by atoms with Crippen LogP contribution < -0.4 is 10.6 Å². The van der Waals surface area contributed by atoms with Gasteiger partial charge in [-0.3, -0.25) is 14.5 Å². The lowest BCUT2D eigenvalue weighted by atomic mass is 10.1. The van der Waals surface area contributed by atoms with Crippen LogP contribution in [-0.2, 0) is 20.7 Å². The summed E-state index contributed by atoms with van der Waals surface area (Å²) in [7, 11) is 0. The maximum Gasteiger partial charge on any atom is 0.224 e. The summed E-state index contributed by atoms with van der Waals surface area (Å²) in [6.07, 6.45) is 0.340. The number of morpholine rings is 1. The molecule has 1 aromatic carbocycles. The van der Waals surface area contributed by atoms with Crippen LogP contribution in [0.4, 0.5) is 5.13 Å². The van der Waals surface area contributed by atoms with Gasteiger partial charge in [0.25, 0.3) is 0 Å². The molecule has 2 heterocycles. The molecule has 0 unspecified atom stereocenters. The minimum Gasteiger partial charge on any atom is -0.379 e. The van der Waals surface area contributed by atoms with E-state index in [1.807, 2.05) is 18.2 Å². The first-order valence-electron chi connectivity index (χ1n) is 8.34. The molecule has 1 aromatic heterocycles. The van der Waals surface area contributed by atoms with Gasteiger partial charge in [-0.15, -0.1) is 0 Å². The minimum absolute atomic E-state index is 0.0132. The van der Waals surface area contributed by atoms with E-state index in [2.05, 4.69) is 20.5 Å². The molecule has 0 atom stereocenters. The Labute approximate surface area is 150 Å². The van der Waals surface area contributed by atoms with Crippen molar-refractivity contribution < 1.29 is 14.3 Å². The number of benzene rings is 1. The van der Waals surface area contributed by atoms with Crippen molar-refractivity contribution >= 4 is 38.5 Å². The molecule has 1 saturated heterocycles. The third-order valence-electron chi connectivity index (χ3n) is 3.95. The average Bonchev–Trinajstić information content (AvgIpc) is 2.96. The molecule has 0 aliphatic carbocycles. The van der Waals surface area contributed by atoms with Gasteiger partial charge in [0.2, 0.25) is 11.8 Å². The monoisotopic (exact) mass is 362 g/mol. The van der Waals surface area contributed by atoms with Crippen LogP contribution in [-0.4, -0.2) is 61.1 Å². The van der Waals surface area contributed by atoms with Gasteiger partial charge in [0.05, 0.1) is 29.9 Å². The maximum absolute atomic E-state index is 12.1. The first-order chi connectivity index (χ1) is 12.1. The maximum atomic E-state index is 12.1. The fourth-order valence-corrected chi connectivity index (χ4v) is 3.68. The second-order valence-electron chi connectivity index (χ2n) is 5.98. The molecule has 2 N–H and O–H groups in total. The zero-order valence-corrected chi connectivity index (χ0v) is 15.0. The number of carbonyl (C=O) groups is 2. The van der Waals surface area contributed by atoms with E-state index in [0.29, 0.717) is 18.1 Å². The zero-order valence-electron chi connectivity index (χ0n) is 14.2. The first-order valence-corrected chi connectivity index (χ1v) is 9.15. The summed E-state index contributed by atoms with van der Waals surface area (Å²) >= 11 is 1.41. The number of hydrogen-bond acceptors (Lipinski definition) is 6.